The Morgan fingerprint density at radius 1 is 1.14 bits per heavy atom. The smallest absolute Gasteiger partial charge is 0.336 e. The van der Waals surface area contributed by atoms with E-state index in [2.05, 4.69) is 10.3 Å². The summed E-state index contributed by atoms with van der Waals surface area (Å²) in [5.41, 5.74) is 1.89. The molecule has 2 amide bonds. The van der Waals surface area contributed by atoms with Crippen molar-refractivity contribution in [1.29, 1.82) is 0 Å². The predicted molar refractivity (Wildman–Crippen MR) is 100 cm³/mol. The summed E-state index contributed by atoms with van der Waals surface area (Å²) in [4.78, 5) is 30.0. The first-order valence-electron chi connectivity index (χ1n) is 8.54. The van der Waals surface area contributed by atoms with Gasteiger partial charge >= 0.3 is 12.0 Å². The normalized spacial score (nSPS) is 12.8. The van der Waals surface area contributed by atoms with E-state index in [1.165, 1.54) is 33.6 Å². The molecule has 0 saturated carbocycles. The van der Waals surface area contributed by atoms with Gasteiger partial charge in [-0.05, 0) is 6.07 Å². The second-order valence-electron chi connectivity index (χ2n) is 6.10. The van der Waals surface area contributed by atoms with Crippen molar-refractivity contribution in [2.75, 3.05) is 33.2 Å². The number of urea groups is 1. The first-order chi connectivity index (χ1) is 13.5. The van der Waals surface area contributed by atoms with E-state index in [0.717, 1.165) is 0 Å². The molecule has 2 N–H and O–H groups in total. The van der Waals surface area contributed by atoms with E-state index in [-0.39, 0.29) is 18.1 Å². The number of carboxylic acids is 1. The number of amides is 2. The molecule has 0 unspecified atom stereocenters. The Kier molecular flexibility index (Phi) is 5.53. The van der Waals surface area contributed by atoms with Gasteiger partial charge in [-0.1, -0.05) is 0 Å². The minimum atomic E-state index is -1.04. The summed E-state index contributed by atoms with van der Waals surface area (Å²) in [5.74, 6) is 0.217. The van der Waals surface area contributed by atoms with Crippen molar-refractivity contribution >= 4 is 17.7 Å². The Balaban J connectivity index is 1.82. The molecule has 1 aromatic carbocycles. The minimum Gasteiger partial charge on any atom is -0.493 e. The zero-order valence-electron chi connectivity index (χ0n) is 15.8. The maximum atomic E-state index is 12.7. The average Bonchev–Trinajstić information content (AvgIpc) is 2.71. The van der Waals surface area contributed by atoms with E-state index < -0.39 is 5.97 Å². The highest BCUT2D eigenvalue weighted by Gasteiger charge is 2.26. The second-order valence-corrected chi connectivity index (χ2v) is 6.10. The third-order valence-electron chi connectivity index (χ3n) is 4.55. The highest BCUT2D eigenvalue weighted by atomic mass is 16.5. The van der Waals surface area contributed by atoms with Gasteiger partial charge in [0, 0.05) is 42.6 Å². The van der Waals surface area contributed by atoms with E-state index in [1.807, 2.05) is 0 Å². The molecule has 0 fully saturated rings. The maximum absolute atomic E-state index is 12.7. The Bertz CT molecular complexity index is 890. The fourth-order valence-corrected chi connectivity index (χ4v) is 3.17. The Labute approximate surface area is 161 Å². The summed E-state index contributed by atoms with van der Waals surface area (Å²) in [6.07, 6.45) is 1.97. The summed E-state index contributed by atoms with van der Waals surface area (Å²) in [6.45, 7) is 0.598. The van der Waals surface area contributed by atoms with Gasteiger partial charge in [-0.3, -0.25) is 4.98 Å². The highest BCUT2D eigenvalue weighted by molar-refractivity contribution is 5.92. The molecule has 0 atom stereocenters. The molecule has 2 aromatic rings. The molecule has 1 aromatic heterocycles. The number of carbonyl (C=O) groups is 2. The van der Waals surface area contributed by atoms with Crippen LogP contribution in [0, 0.1) is 0 Å². The number of rotatable bonds is 5. The van der Waals surface area contributed by atoms with E-state index >= 15 is 0 Å². The summed E-state index contributed by atoms with van der Waals surface area (Å²) < 4.78 is 15.9. The molecule has 1 aliphatic heterocycles. The number of methoxy groups -OCH3 is 3. The van der Waals surface area contributed by atoms with Gasteiger partial charge in [-0.25, -0.2) is 9.59 Å². The van der Waals surface area contributed by atoms with E-state index in [4.69, 9.17) is 14.2 Å². The van der Waals surface area contributed by atoms with Crippen LogP contribution in [0.25, 0.3) is 0 Å². The summed E-state index contributed by atoms with van der Waals surface area (Å²) in [6, 6.07) is 4.34. The van der Waals surface area contributed by atoms with Gasteiger partial charge in [-0.15, -0.1) is 0 Å². The van der Waals surface area contributed by atoms with Gasteiger partial charge in [0.05, 0.1) is 39.1 Å². The van der Waals surface area contributed by atoms with Crippen LogP contribution in [0.15, 0.2) is 24.4 Å². The predicted octanol–water partition coefficient (Wildman–Crippen LogP) is 2.40. The van der Waals surface area contributed by atoms with Crippen LogP contribution in [0.4, 0.5) is 10.5 Å². The molecule has 2 heterocycles. The lowest BCUT2D eigenvalue weighted by Gasteiger charge is -2.29. The van der Waals surface area contributed by atoms with E-state index in [1.54, 1.807) is 17.0 Å². The molecular formula is C19H21N3O6. The summed E-state index contributed by atoms with van der Waals surface area (Å²) in [5, 5.41) is 12.2. The summed E-state index contributed by atoms with van der Waals surface area (Å²) in [7, 11) is 4.48. The van der Waals surface area contributed by atoms with Crippen molar-refractivity contribution < 1.29 is 28.9 Å². The lowest BCUT2D eigenvalue weighted by atomic mass is 10.0. The van der Waals surface area contributed by atoms with Gasteiger partial charge in [0.2, 0.25) is 5.75 Å². The zero-order valence-corrected chi connectivity index (χ0v) is 15.8. The molecule has 28 heavy (non-hydrogen) atoms. The van der Waals surface area contributed by atoms with Gasteiger partial charge in [-0.2, -0.15) is 0 Å². The molecule has 0 spiro atoms. The fourth-order valence-electron chi connectivity index (χ4n) is 3.17. The van der Waals surface area contributed by atoms with Gasteiger partial charge < -0.3 is 29.5 Å². The highest BCUT2D eigenvalue weighted by Crippen LogP contribution is 2.40. The van der Waals surface area contributed by atoms with Crippen molar-refractivity contribution in [3.63, 3.8) is 0 Å². The van der Waals surface area contributed by atoms with Crippen molar-refractivity contribution in [1.82, 2.24) is 9.88 Å². The average molecular weight is 387 g/mol. The molecule has 0 saturated heterocycles. The topological polar surface area (TPSA) is 110 Å². The quantitative estimate of drug-likeness (QED) is 0.810. The van der Waals surface area contributed by atoms with Crippen LogP contribution in [0.5, 0.6) is 17.2 Å². The van der Waals surface area contributed by atoms with Crippen molar-refractivity contribution in [2.45, 2.75) is 13.0 Å². The molecule has 0 aliphatic carbocycles. The Morgan fingerprint density at radius 3 is 2.39 bits per heavy atom. The van der Waals surface area contributed by atoms with Crippen molar-refractivity contribution in [3.8, 4) is 17.2 Å². The third kappa shape index (κ3) is 3.64. The van der Waals surface area contributed by atoms with Crippen LogP contribution in [-0.4, -0.2) is 54.9 Å². The number of aromatic carboxylic acids is 1. The number of ether oxygens (including phenoxy) is 3. The minimum absolute atomic E-state index is 0.162. The van der Waals surface area contributed by atoms with Crippen LogP contribution >= 0.6 is 0 Å². The lowest BCUT2D eigenvalue weighted by molar-refractivity contribution is 0.0693. The first kappa shape index (κ1) is 19.3. The number of nitrogens with one attached hydrogen (secondary N) is 1. The van der Waals surface area contributed by atoms with E-state index in [0.29, 0.717) is 47.2 Å². The summed E-state index contributed by atoms with van der Waals surface area (Å²) >= 11 is 0. The maximum Gasteiger partial charge on any atom is 0.336 e. The number of pyridine rings is 1. The number of aromatic nitrogens is 1. The lowest BCUT2D eigenvalue weighted by Crippen LogP contribution is -2.39. The molecule has 9 heteroatoms. The molecule has 0 radical (unpaired) electrons. The van der Waals surface area contributed by atoms with Crippen LogP contribution in [-0.2, 0) is 13.0 Å². The van der Waals surface area contributed by atoms with Crippen molar-refractivity contribution in [3.05, 3.63) is 41.2 Å². The van der Waals surface area contributed by atoms with Crippen LogP contribution in [0.2, 0.25) is 0 Å². The number of hydrogen-bond donors (Lipinski definition) is 2. The molecular weight excluding hydrogens is 366 g/mol. The Morgan fingerprint density at radius 2 is 1.82 bits per heavy atom. The second kappa shape index (κ2) is 8.03. The number of carboxylic acid groups (broad SMARTS) is 1. The number of hydrogen-bond acceptors (Lipinski definition) is 6. The standard InChI is InChI=1S/C19H21N3O6/c1-26-15-8-11(9-16(27-2)17(15)28-3)21-19(25)22-7-5-14-13(10-22)12(18(23)24)4-6-20-14/h4,6,8-9H,5,7,10H2,1-3H3,(H,21,25)(H,23,24). The Hall–Kier alpha value is -3.49. The van der Waals surface area contributed by atoms with Gasteiger partial charge in [0.1, 0.15) is 0 Å². The molecule has 9 nitrogen and oxygen atoms in total. The zero-order chi connectivity index (χ0) is 20.3. The number of fused-ring (bicyclic) bond motifs is 1. The number of carbonyl (C=O) groups excluding carboxylic acids is 1. The van der Waals surface area contributed by atoms with Crippen LogP contribution < -0.4 is 19.5 Å². The molecule has 3 rings (SSSR count). The number of benzene rings is 1. The van der Waals surface area contributed by atoms with Gasteiger partial charge in [0.15, 0.2) is 11.5 Å². The van der Waals surface area contributed by atoms with Gasteiger partial charge in [0.25, 0.3) is 0 Å². The van der Waals surface area contributed by atoms with Crippen LogP contribution in [0.1, 0.15) is 21.6 Å². The van der Waals surface area contributed by atoms with E-state index in [9.17, 15) is 14.7 Å². The van der Waals surface area contributed by atoms with Crippen molar-refractivity contribution in [2.24, 2.45) is 0 Å². The molecule has 1 aliphatic rings. The monoisotopic (exact) mass is 387 g/mol. The SMILES string of the molecule is COc1cc(NC(=O)N2CCc3nccc(C(=O)O)c3C2)cc(OC)c1OC. The number of nitrogens with zero attached hydrogens (tertiary/aromatic N) is 2. The third-order valence-corrected chi connectivity index (χ3v) is 4.55. The largest absolute Gasteiger partial charge is 0.493 e. The molecule has 148 valence electrons. The first-order valence-corrected chi connectivity index (χ1v) is 8.54. The van der Waals surface area contributed by atoms with Crippen LogP contribution in [0.3, 0.4) is 0 Å². The molecule has 0 bridgehead atoms. The number of anilines is 1. The fraction of sp³-hybridized carbons (Fsp3) is 0.316.